The Labute approximate surface area is 137 Å². The molecule has 1 N–H and O–H groups in total. The smallest absolute Gasteiger partial charge is 0.335 e. The van der Waals surface area contributed by atoms with Gasteiger partial charge in [-0.3, -0.25) is 4.79 Å². The number of aromatic nitrogens is 1. The third-order valence-electron chi connectivity index (χ3n) is 4.13. The highest BCUT2D eigenvalue weighted by molar-refractivity contribution is 5.95. The normalized spacial score (nSPS) is 14.5. The summed E-state index contributed by atoms with van der Waals surface area (Å²) in [6, 6.07) is 12.0. The van der Waals surface area contributed by atoms with Crippen LogP contribution in [-0.4, -0.2) is 28.5 Å². The van der Waals surface area contributed by atoms with Gasteiger partial charge in [0.2, 0.25) is 11.8 Å². The first-order valence-corrected chi connectivity index (χ1v) is 7.66. The molecule has 0 radical (unpaired) electrons. The minimum atomic E-state index is -0.999. The number of carbonyl (C=O) groups is 2. The maximum absolute atomic E-state index is 11.8. The van der Waals surface area contributed by atoms with E-state index in [2.05, 4.69) is 4.98 Å². The first-order valence-electron chi connectivity index (χ1n) is 7.66. The average Bonchev–Trinajstić information content (AvgIpc) is 3.20. The summed E-state index contributed by atoms with van der Waals surface area (Å²) in [7, 11) is 0. The van der Waals surface area contributed by atoms with Crippen molar-refractivity contribution < 1.29 is 19.1 Å². The molecule has 0 spiro atoms. The van der Waals surface area contributed by atoms with Crippen LogP contribution in [0.1, 0.15) is 23.2 Å². The van der Waals surface area contributed by atoms with E-state index in [0.29, 0.717) is 23.4 Å². The number of amides is 1. The molecule has 0 unspecified atom stereocenters. The van der Waals surface area contributed by atoms with Crippen LogP contribution in [0.4, 0.5) is 5.69 Å². The van der Waals surface area contributed by atoms with E-state index in [-0.39, 0.29) is 11.5 Å². The van der Waals surface area contributed by atoms with E-state index >= 15 is 0 Å². The Bertz CT molecular complexity index is 943. The molecule has 1 aliphatic rings. The molecule has 1 saturated heterocycles. The molecule has 1 fully saturated rings. The lowest BCUT2D eigenvalue weighted by Gasteiger charge is -2.15. The van der Waals surface area contributed by atoms with Gasteiger partial charge >= 0.3 is 5.97 Å². The molecule has 24 heavy (non-hydrogen) atoms. The first-order chi connectivity index (χ1) is 11.6. The van der Waals surface area contributed by atoms with Gasteiger partial charge in [0.05, 0.1) is 5.56 Å². The largest absolute Gasteiger partial charge is 0.478 e. The highest BCUT2D eigenvalue weighted by atomic mass is 16.4. The molecule has 120 valence electrons. The van der Waals surface area contributed by atoms with Gasteiger partial charge in [-0.1, -0.05) is 0 Å². The van der Waals surface area contributed by atoms with Crippen molar-refractivity contribution in [2.45, 2.75) is 12.8 Å². The molecule has 3 aromatic rings. The molecule has 0 saturated carbocycles. The summed E-state index contributed by atoms with van der Waals surface area (Å²) < 4.78 is 5.69. The Morgan fingerprint density at radius 1 is 1.17 bits per heavy atom. The maximum atomic E-state index is 11.8. The molecule has 0 bridgehead atoms. The number of hydrogen-bond donors (Lipinski definition) is 1. The lowest BCUT2D eigenvalue weighted by molar-refractivity contribution is -0.117. The molecule has 0 atom stereocenters. The quantitative estimate of drug-likeness (QED) is 0.799. The Morgan fingerprint density at radius 3 is 2.62 bits per heavy atom. The number of benzene rings is 2. The topological polar surface area (TPSA) is 83.6 Å². The zero-order valence-corrected chi connectivity index (χ0v) is 12.7. The number of anilines is 1. The predicted octanol–water partition coefficient (Wildman–Crippen LogP) is 3.32. The fourth-order valence-electron chi connectivity index (χ4n) is 2.89. The van der Waals surface area contributed by atoms with Crippen LogP contribution in [0.15, 0.2) is 46.9 Å². The van der Waals surface area contributed by atoms with Gasteiger partial charge in [0, 0.05) is 24.2 Å². The van der Waals surface area contributed by atoms with E-state index in [1.165, 1.54) is 12.1 Å². The maximum Gasteiger partial charge on any atom is 0.335 e. The van der Waals surface area contributed by atoms with E-state index in [0.717, 1.165) is 24.2 Å². The van der Waals surface area contributed by atoms with Crippen LogP contribution < -0.4 is 4.90 Å². The minimum Gasteiger partial charge on any atom is -0.478 e. The van der Waals surface area contributed by atoms with E-state index in [1.54, 1.807) is 11.0 Å². The van der Waals surface area contributed by atoms with Gasteiger partial charge in [-0.25, -0.2) is 9.78 Å². The molecule has 1 amide bonds. The van der Waals surface area contributed by atoms with Crippen LogP contribution in [0.3, 0.4) is 0 Å². The number of fused-ring (bicyclic) bond motifs is 1. The SMILES string of the molecule is O=C(O)c1ccc2oc(-c3ccc(N4CCCC4=O)cc3)nc2c1. The summed E-state index contributed by atoms with van der Waals surface area (Å²) in [5, 5.41) is 9.03. The van der Waals surface area contributed by atoms with Crippen molar-refractivity contribution in [2.75, 3.05) is 11.4 Å². The summed E-state index contributed by atoms with van der Waals surface area (Å²) in [4.78, 5) is 28.9. The van der Waals surface area contributed by atoms with Crippen molar-refractivity contribution in [3.05, 3.63) is 48.0 Å². The van der Waals surface area contributed by atoms with Crippen LogP contribution in [0.2, 0.25) is 0 Å². The van der Waals surface area contributed by atoms with Crippen LogP contribution in [0.5, 0.6) is 0 Å². The van der Waals surface area contributed by atoms with Crippen molar-refractivity contribution >= 4 is 28.7 Å². The number of oxazole rings is 1. The summed E-state index contributed by atoms with van der Waals surface area (Å²) in [5.41, 5.74) is 2.85. The predicted molar refractivity (Wildman–Crippen MR) is 88.0 cm³/mol. The molecule has 2 aromatic carbocycles. The second-order valence-electron chi connectivity index (χ2n) is 5.70. The van der Waals surface area contributed by atoms with E-state index in [9.17, 15) is 9.59 Å². The third-order valence-corrected chi connectivity index (χ3v) is 4.13. The number of hydrogen-bond acceptors (Lipinski definition) is 4. The molecule has 2 heterocycles. The monoisotopic (exact) mass is 322 g/mol. The van der Waals surface area contributed by atoms with E-state index < -0.39 is 5.97 Å². The van der Waals surface area contributed by atoms with Gasteiger partial charge in [-0.05, 0) is 48.9 Å². The van der Waals surface area contributed by atoms with Crippen LogP contribution in [-0.2, 0) is 4.79 Å². The molecule has 1 aromatic heterocycles. The van der Waals surface area contributed by atoms with Crippen LogP contribution >= 0.6 is 0 Å². The molecule has 0 aliphatic carbocycles. The fraction of sp³-hybridized carbons (Fsp3) is 0.167. The van der Waals surface area contributed by atoms with Gasteiger partial charge in [0.1, 0.15) is 5.52 Å². The Morgan fingerprint density at radius 2 is 1.96 bits per heavy atom. The molecule has 6 heteroatoms. The lowest BCUT2D eigenvalue weighted by Crippen LogP contribution is -2.23. The van der Waals surface area contributed by atoms with E-state index in [4.69, 9.17) is 9.52 Å². The van der Waals surface area contributed by atoms with Crippen LogP contribution in [0, 0.1) is 0 Å². The Hall–Kier alpha value is -3.15. The number of aromatic carboxylic acids is 1. The Kier molecular flexibility index (Phi) is 3.30. The third kappa shape index (κ3) is 2.42. The summed E-state index contributed by atoms with van der Waals surface area (Å²) in [6.45, 7) is 0.749. The number of carboxylic acids is 1. The number of nitrogens with zero attached hydrogens (tertiary/aromatic N) is 2. The number of rotatable bonds is 3. The highest BCUT2D eigenvalue weighted by Gasteiger charge is 2.21. The Balaban J connectivity index is 1.67. The van der Waals surface area contributed by atoms with Gasteiger partial charge < -0.3 is 14.4 Å². The van der Waals surface area contributed by atoms with Crippen molar-refractivity contribution in [1.82, 2.24) is 4.98 Å². The summed E-state index contributed by atoms with van der Waals surface area (Å²) in [5.74, 6) is -0.432. The molecule has 4 rings (SSSR count). The van der Waals surface area contributed by atoms with Crippen molar-refractivity contribution in [2.24, 2.45) is 0 Å². The highest BCUT2D eigenvalue weighted by Crippen LogP contribution is 2.28. The lowest BCUT2D eigenvalue weighted by atomic mass is 10.2. The average molecular weight is 322 g/mol. The fourth-order valence-corrected chi connectivity index (χ4v) is 2.89. The van der Waals surface area contributed by atoms with Gasteiger partial charge in [-0.15, -0.1) is 0 Å². The second-order valence-corrected chi connectivity index (χ2v) is 5.70. The van der Waals surface area contributed by atoms with Gasteiger partial charge in [0.25, 0.3) is 0 Å². The molecule has 6 nitrogen and oxygen atoms in total. The van der Waals surface area contributed by atoms with Crippen molar-refractivity contribution in [3.63, 3.8) is 0 Å². The second kappa shape index (κ2) is 5.49. The minimum absolute atomic E-state index is 0.144. The number of carbonyl (C=O) groups excluding carboxylic acids is 1. The van der Waals surface area contributed by atoms with Crippen molar-refractivity contribution in [3.8, 4) is 11.5 Å². The summed E-state index contributed by atoms with van der Waals surface area (Å²) in [6.07, 6.45) is 1.48. The molecule has 1 aliphatic heterocycles. The van der Waals surface area contributed by atoms with Gasteiger partial charge in [-0.2, -0.15) is 0 Å². The standard InChI is InChI=1S/C18H14N2O4/c21-16-2-1-9-20(16)13-6-3-11(4-7-13)17-19-14-10-12(18(22)23)5-8-15(14)24-17/h3-8,10H,1-2,9H2,(H,22,23). The zero-order valence-electron chi connectivity index (χ0n) is 12.7. The molecular weight excluding hydrogens is 308 g/mol. The van der Waals surface area contributed by atoms with E-state index in [1.807, 2.05) is 24.3 Å². The zero-order chi connectivity index (χ0) is 16.7. The first kappa shape index (κ1) is 14.4. The molecular formula is C18H14N2O4. The van der Waals surface area contributed by atoms with Crippen LogP contribution in [0.25, 0.3) is 22.6 Å². The van der Waals surface area contributed by atoms with Crippen molar-refractivity contribution in [1.29, 1.82) is 0 Å². The number of carboxylic acid groups (broad SMARTS) is 1. The summed E-state index contributed by atoms with van der Waals surface area (Å²) >= 11 is 0. The van der Waals surface area contributed by atoms with Gasteiger partial charge in [0.15, 0.2) is 5.58 Å².